The third-order valence-electron chi connectivity index (χ3n) is 3.01. The van der Waals surface area contributed by atoms with E-state index in [1.54, 1.807) is 0 Å². The van der Waals surface area contributed by atoms with E-state index < -0.39 is 0 Å². The first-order valence-electron chi connectivity index (χ1n) is 4.92. The molecule has 3 radical (unpaired) electrons. The van der Waals surface area contributed by atoms with Crippen LogP contribution in [0.4, 0.5) is 0 Å². The van der Waals surface area contributed by atoms with Crippen LogP contribution in [-0.4, -0.2) is 26.4 Å². The highest BCUT2D eigenvalue weighted by Gasteiger charge is 2.40. The fourth-order valence-corrected chi connectivity index (χ4v) is 16.0. The van der Waals surface area contributed by atoms with Crippen LogP contribution in [0.1, 0.15) is 6.42 Å². The first-order chi connectivity index (χ1) is 5.89. The average Bonchev–Trinajstić information content (AvgIpc) is 1.97. The van der Waals surface area contributed by atoms with Crippen LogP contribution in [-0.2, 0) is 0 Å². The second-order valence-electron chi connectivity index (χ2n) is 4.40. The lowest BCUT2D eigenvalue weighted by Crippen LogP contribution is -2.47. The van der Waals surface area contributed by atoms with Crippen molar-refractivity contribution in [3.05, 3.63) is 12.7 Å². The molecule has 0 heterocycles. The van der Waals surface area contributed by atoms with Crippen molar-refractivity contribution in [1.82, 2.24) is 0 Å². The van der Waals surface area contributed by atoms with E-state index in [9.17, 15) is 0 Å². The molecule has 0 aromatic rings. The third kappa shape index (κ3) is 2.67. The Morgan fingerprint density at radius 1 is 0.923 bits per heavy atom. The molecule has 75 valence electrons. The molecule has 0 nitrogen and oxygen atoms in total. The van der Waals surface area contributed by atoms with Gasteiger partial charge in [-0.15, -0.1) is 6.58 Å². The summed E-state index contributed by atoms with van der Waals surface area (Å²) in [4.78, 5) is 0. The van der Waals surface area contributed by atoms with E-state index in [2.05, 4.69) is 51.9 Å². The van der Waals surface area contributed by atoms with E-state index in [1.807, 2.05) is 0 Å². The van der Waals surface area contributed by atoms with Crippen LogP contribution in [0.15, 0.2) is 12.7 Å². The summed E-state index contributed by atoms with van der Waals surface area (Å²) in [5.74, 6) is 0. The van der Waals surface area contributed by atoms with Crippen molar-refractivity contribution in [3.63, 3.8) is 0 Å². The van der Waals surface area contributed by atoms with Crippen molar-refractivity contribution in [3.8, 4) is 0 Å². The Balaban J connectivity index is 4.92. The molecule has 0 spiro atoms. The second kappa shape index (κ2) is 5.32. The van der Waals surface area contributed by atoms with Gasteiger partial charge >= 0.3 is 0 Å². The highest BCUT2D eigenvalue weighted by molar-refractivity contribution is 6.97. The first kappa shape index (κ1) is 13.4. The van der Waals surface area contributed by atoms with Crippen molar-refractivity contribution < 1.29 is 0 Å². The van der Waals surface area contributed by atoms with Gasteiger partial charge in [-0.25, -0.2) is 0 Å². The average molecular weight is 228 g/mol. The van der Waals surface area contributed by atoms with Gasteiger partial charge in [0.05, 0.1) is 0 Å². The maximum absolute atomic E-state index is 3.94. The molecule has 13 heavy (non-hydrogen) atoms. The highest BCUT2D eigenvalue weighted by Crippen LogP contribution is 2.40. The predicted molar refractivity (Wildman–Crippen MR) is 70.0 cm³/mol. The van der Waals surface area contributed by atoms with Gasteiger partial charge in [-0.1, -0.05) is 45.4 Å². The molecule has 0 unspecified atom stereocenters. The highest BCUT2D eigenvalue weighted by atomic mass is 28.4. The van der Waals surface area contributed by atoms with Crippen molar-refractivity contribution in [1.29, 1.82) is 0 Å². The summed E-state index contributed by atoms with van der Waals surface area (Å²) in [6, 6.07) is 0. The first-order valence-corrected chi connectivity index (χ1v) is 12.4. The summed E-state index contributed by atoms with van der Waals surface area (Å²) >= 11 is 0. The SMILES string of the molecule is C=CCC([Si](C)C)([Si](C)C)[Si](C)C. The minimum Gasteiger partial charge on any atom is -0.103 e. The summed E-state index contributed by atoms with van der Waals surface area (Å²) in [5.41, 5.74) is 0. The van der Waals surface area contributed by atoms with Gasteiger partial charge in [0.1, 0.15) is 0 Å². The van der Waals surface area contributed by atoms with E-state index in [4.69, 9.17) is 0 Å². The molecule has 0 fully saturated rings. The quantitative estimate of drug-likeness (QED) is 0.497. The van der Waals surface area contributed by atoms with Crippen molar-refractivity contribution in [2.45, 2.75) is 50.0 Å². The van der Waals surface area contributed by atoms with Crippen LogP contribution in [0.3, 0.4) is 0 Å². The number of hydrogen-bond donors (Lipinski definition) is 0. The molecule has 0 amide bonds. The molecule has 3 heteroatoms. The summed E-state index contributed by atoms with van der Waals surface area (Å²) in [5, 5.41) is 0. The number of hydrogen-bond acceptors (Lipinski definition) is 0. The van der Waals surface area contributed by atoms with Crippen LogP contribution in [0, 0.1) is 0 Å². The van der Waals surface area contributed by atoms with E-state index >= 15 is 0 Å². The van der Waals surface area contributed by atoms with Gasteiger partial charge in [0.25, 0.3) is 0 Å². The minimum absolute atomic E-state index is 0.175. The lowest BCUT2D eigenvalue weighted by molar-refractivity contribution is 0.968. The smallest absolute Gasteiger partial charge is 0.0421 e. The van der Waals surface area contributed by atoms with Gasteiger partial charge < -0.3 is 0 Å². The molecular formula is C10H23Si3. The molecule has 0 aliphatic heterocycles. The molecule has 0 saturated heterocycles. The topological polar surface area (TPSA) is 0 Å². The summed E-state index contributed by atoms with van der Waals surface area (Å²) in [7, 11) is -0.524. The summed E-state index contributed by atoms with van der Waals surface area (Å²) < 4.78 is 0.738. The molecule has 0 aliphatic carbocycles. The lowest BCUT2D eigenvalue weighted by Gasteiger charge is -2.42. The fraction of sp³-hybridized carbons (Fsp3) is 0.800. The number of allylic oxidation sites excluding steroid dienone is 1. The third-order valence-corrected chi connectivity index (χ3v) is 17.7. The molecule has 0 saturated carbocycles. The molecule has 0 atom stereocenters. The van der Waals surface area contributed by atoms with E-state index in [0.717, 1.165) is 4.28 Å². The van der Waals surface area contributed by atoms with Crippen molar-refractivity contribution in [2.75, 3.05) is 0 Å². The lowest BCUT2D eigenvalue weighted by atomic mass is 10.5. The Morgan fingerprint density at radius 3 is 1.31 bits per heavy atom. The monoisotopic (exact) mass is 227 g/mol. The van der Waals surface area contributed by atoms with Gasteiger partial charge in [0, 0.05) is 26.4 Å². The molecule has 0 N–H and O–H groups in total. The van der Waals surface area contributed by atoms with Gasteiger partial charge in [-0.05, 0) is 10.7 Å². The zero-order valence-electron chi connectivity index (χ0n) is 9.99. The standard InChI is InChI=1S/C10H23Si3/c1-8-9-10(11(2)3,12(4)5)13(6)7/h8H,1,9H2,2-7H3. The Morgan fingerprint density at radius 2 is 1.23 bits per heavy atom. The van der Waals surface area contributed by atoms with Crippen molar-refractivity contribution >= 4 is 26.4 Å². The Hall–Kier alpha value is 0.391. The zero-order chi connectivity index (χ0) is 10.6. The van der Waals surface area contributed by atoms with E-state index in [0.29, 0.717) is 0 Å². The number of rotatable bonds is 5. The zero-order valence-corrected chi connectivity index (χ0v) is 13.0. The van der Waals surface area contributed by atoms with E-state index in [-0.39, 0.29) is 26.4 Å². The Labute approximate surface area is 89.3 Å². The maximum Gasteiger partial charge on any atom is 0.0421 e. The largest absolute Gasteiger partial charge is 0.103 e. The molecular weight excluding hydrogens is 204 g/mol. The second-order valence-corrected chi connectivity index (χ2v) is 14.5. The van der Waals surface area contributed by atoms with Gasteiger partial charge in [0.15, 0.2) is 0 Å². The molecule has 0 rings (SSSR count). The summed E-state index contributed by atoms with van der Waals surface area (Å²) in [6.07, 6.45) is 3.43. The van der Waals surface area contributed by atoms with Gasteiger partial charge in [-0.3, -0.25) is 0 Å². The molecule has 0 aromatic carbocycles. The summed E-state index contributed by atoms with van der Waals surface area (Å²) in [6.45, 7) is 18.9. The van der Waals surface area contributed by atoms with Crippen LogP contribution < -0.4 is 0 Å². The predicted octanol–water partition coefficient (Wildman–Crippen LogP) is 3.64. The normalized spacial score (nSPS) is 13.0. The molecule has 0 bridgehead atoms. The van der Waals surface area contributed by atoms with Crippen LogP contribution in [0.2, 0.25) is 43.6 Å². The van der Waals surface area contributed by atoms with Crippen molar-refractivity contribution in [2.24, 2.45) is 0 Å². The van der Waals surface area contributed by atoms with Gasteiger partial charge in [0.2, 0.25) is 0 Å². The minimum atomic E-state index is -0.175. The van der Waals surface area contributed by atoms with Crippen LogP contribution in [0.25, 0.3) is 0 Å². The van der Waals surface area contributed by atoms with Crippen LogP contribution >= 0.6 is 0 Å². The van der Waals surface area contributed by atoms with Crippen LogP contribution in [0.5, 0.6) is 0 Å². The maximum atomic E-state index is 3.94. The Kier molecular flexibility index (Phi) is 5.48. The molecule has 0 aromatic heterocycles. The van der Waals surface area contributed by atoms with Gasteiger partial charge in [-0.2, -0.15) is 0 Å². The fourth-order valence-electron chi connectivity index (χ4n) is 2.33. The molecule has 0 aliphatic rings. The Bertz CT molecular complexity index is 140. The van der Waals surface area contributed by atoms with E-state index in [1.165, 1.54) is 6.42 Å².